The molecule has 3 aromatic carbocycles. The maximum atomic E-state index is 5.66. The predicted octanol–water partition coefficient (Wildman–Crippen LogP) is 11.8. The van der Waals surface area contributed by atoms with Crippen LogP contribution in [0.1, 0.15) is 96.0 Å². The van der Waals surface area contributed by atoms with Gasteiger partial charge in [0.25, 0.3) is 0 Å². The Morgan fingerprint density at radius 2 is 1.16 bits per heavy atom. The van der Waals surface area contributed by atoms with E-state index in [1.807, 2.05) is 0 Å². The largest absolute Gasteiger partial charge is 0.671 e. The number of hydrogen-bond donors (Lipinski definition) is 0. The van der Waals surface area contributed by atoms with Crippen LogP contribution in [0.15, 0.2) is 60.8 Å². The maximum absolute atomic E-state index is 5.66. The van der Waals surface area contributed by atoms with Gasteiger partial charge in [0, 0.05) is 50.2 Å². The van der Waals surface area contributed by atoms with Crippen molar-refractivity contribution in [3.05, 3.63) is 133 Å². The third kappa shape index (κ3) is 10.7. The Balaban J connectivity index is 0.00000113. The van der Waals surface area contributed by atoms with Crippen LogP contribution < -0.4 is 0 Å². The molecule has 0 aliphatic rings. The summed E-state index contributed by atoms with van der Waals surface area (Å²) in [6.45, 7) is 20.0. The van der Waals surface area contributed by atoms with Gasteiger partial charge >= 0.3 is 0 Å². The second kappa shape index (κ2) is 21.4. The summed E-state index contributed by atoms with van der Waals surface area (Å²) in [5.41, 5.74) is 12.4. The van der Waals surface area contributed by atoms with Gasteiger partial charge < -0.3 is 25.8 Å². The average molecular weight is 842 g/mol. The van der Waals surface area contributed by atoms with Crippen LogP contribution in [0.4, 0.5) is 5.69 Å². The molecule has 272 valence electrons. The van der Waals surface area contributed by atoms with Crippen molar-refractivity contribution in [1.29, 1.82) is 0 Å². The average Bonchev–Trinajstić information content (AvgIpc) is 3.52. The third-order valence-electron chi connectivity index (χ3n) is 8.41. The molecule has 0 spiro atoms. The van der Waals surface area contributed by atoms with Crippen LogP contribution >= 0.6 is 0 Å². The van der Waals surface area contributed by atoms with E-state index in [1.54, 1.807) is 42.3 Å². The molecule has 0 bridgehead atoms. The summed E-state index contributed by atoms with van der Waals surface area (Å²) in [4.78, 5) is 5.36. The van der Waals surface area contributed by atoms with Crippen molar-refractivity contribution >= 4 is 16.6 Å². The van der Waals surface area contributed by atoms with Gasteiger partial charge in [-0.15, -0.1) is 5.69 Å². The number of benzene rings is 3. The quantitative estimate of drug-likeness (QED) is 0.150. The Bertz CT molecular complexity index is 1710. The molecule has 7 nitrogen and oxygen atoms in total. The van der Waals surface area contributed by atoms with Crippen LogP contribution in [0, 0.1) is 34.6 Å². The topological polar surface area (TPSA) is 79.2 Å². The van der Waals surface area contributed by atoms with Crippen molar-refractivity contribution in [3.8, 4) is 5.82 Å². The van der Waals surface area contributed by atoms with E-state index in [2.05, 4.69) is 155 Å². The number of aromatic nitrogens is 3. The minimum Gasteiger partial charge on any atom is -0.671 e. The van der Waals surface area contributed by atoms with Crippen molar-refractivity contribution in [2.24, 2.45) is 7.05 Å². The van der Waals surface area contributed by atoms with E-state index in [0.29, 0.717) is 11.8 Å². The maximum Gasteiger partial charge on any atom is 0.155 e. The SMILES string of the molecule is C[N-]C.C[N-]C.C[N-]C.Cc1cc(C)c(C([N-]c2c(C(C)C)cccc2C(C)C)c2nc(-n3c(C)c(C)c4ccccc43)cn2C)c(C)c1.[Hf]. The Morgan fingerprint density at radius 3 is 1.64 bits per heavy atom. The van der Waals surface area contributed by atoms with Crippen LogP contribution in [0.25, 0.3) is 38.0 Å². The molecule has 0 aliphatic heterocycles. The standard InChI is InChI=1S/C36H43N4.3C2H6N.Hf/c1-21(2)28-15-13-16-29(22(3)4)34(28)38-35(33-24(6)18-23(5)19-25(33)7)36-37-32(20-39(36)10)40-27(9)26(8)30-14-11-12-17-31(30)40;3*1-3-2;/h11-22,35H,1-10H3;3*1-2H3;/q4*-1;. The number of nitrogens with zero attached hydrogens (tertiary/aromatic N) is 7. The molecule has 0 N–H and O–H groups in total. The Labute approximate surface area is 322 Å². The van der Waals surface area contributed by atoms with E-state index in [9.17, 15) is 0 Å². The van der Waals surface area contributed by atoms with Crippen molar-refractivity contribution in [1.82, 2.24) is 14.1 Å². The molecule has 1 atom stereocenters. The van der Waals surface area contributed by atoms with Gasteiger partial charge in [-0.25, -0.2) is 4.98 Å². The van der Waals surface area contributed by atoms with E-state index < -0.39 is 0 Å². The summed E-state index contributed by atoms with van der Waals surface area (Å²) < 4.78 is 4.47. The number of fused-ring (bicyclic) bond motifs is 1. The summed E-state index contributed by atoms with van der Waals surface area (Å²) in [6, 6.07) is 19.6. The summed E-state index contributed by atoms with van der Waals surface area (Å²) in [6.07, 6.45) is 2.16. The van der Waals surface area contributed by atoms with Gasteiger partial charge in [-0.3, -0.25) is 4.57 Å². The number of aryl methyl sites for hydroxylation is 5. The first-order valence-electron chi connectivity index (χ1n) is 17.2. The van der Waals surface area contributed by atoms with Crippen LogP contribution in [-0.4, -0.2) is 56.4 Å². The molecule has 1 unspecified atom stereocenters. The van der Waals surface area contributed by atoms with E-state index in [1.165, 1.54) is 55.5 Å². The summed E-state index contributed by atoms with van der Waals surface area (Å²) in [7, 11) is 12.6. The first kappa shape index (κ1) is 45.0. The second-order valence-corrected chi connectivity index (χ2v) is 13.4. The molecular weight excluding hydrogens is 781 g/mol. The van der Waals surface area contributed by atoms with E-state index in [-0.39, 0.29) is 31.9 Å². The molecule has 0 aliphatic carbocycles. The fourth-order valence-electron chi connectivity index (χ4n) is 6.31. The summed E-state index contributed by atoms with van der Waals surface area (Å²) in [5.74, 6) is 2.62. The van der Waals surface area contributed by atoms with Crippen LogP contribution in [0.5, 0.6) is 0 Å². The predicted molar refractivity (Wildman–Crippen MR) is 215 cm³/mol. The molecule has 5 rings (SSSR count). The number of rotatable bonds is 7. The van der Waals surface area contributed by atoms with Gasteiger partial charge in [-0.2, -0.15) is 42.3 Å². The zero-order valence-corrected chi connectivity index (χ0v) is 37.2. The molecule has 0 amide bonds. The van der Waals surface area contributed by atoms with Gasteiger partial charge in [0.2, 0.25) is 0 Å². The first-order chi connectivity index (χ1) is 23.2. The Morgan fingerprint density at radius 1 is 0.680 bits per heavy atom. The molecule has 2 heterocycles. The molecule has 0 saturated carbocycles. The molecule has 0 radical (unpaired) electrons. The van der Waals surface area contributed by atoms with Gasteiger partial charge in [-0.05, 0) is 80.8 Å². The zero-order chi connectivity index (χ0) is 37.0. The Hall–Kier alpha value is -3.04. The molecule has 5 aromatic rings. The molecule has 0 fully saturated rings. The smallest absolute Gasteiger partial charge is 0.155 e. The number of hydrogen-bond acceptors (Lipinski definition) is 1. The van der Waals surface area contributed by atoms with Gasteiger partial charge in [0.1, 0.15) is 5.82 Å². The van der Waals surface area contributed by atoms with Crippen molar-refractivity contribution in [2.75, 3.05) is 42.3 Å². The second-order valence-electron chi connectivity index (χ2n) is 13.4. The van der Waals surface area contributed by atoms with Crippen molar-refractivity contribution in [3.63, 3.8) is 0 Å². The normalized spacial score (nSPS) is 11.2. The summed E-state index contributed by atoms with van der Waals surface area (Å²) >= 11 is 0. The van der Waals surface area contributed by atoms with Crippen LogP contribution in [0.3, 0.4) is 0 Å². The van der Waals surface area contributed by atoms with E-state index >= 15 is 0 Å². The van der Waals surface area contributed by atoms with Gasteiger partial charge in [-0.1, -0.05) is 92.9 Å². The first-order valence-corrected chi connectivity index (χ1v) is 17.2. The molecule has 0 saturated heterocycles. The fraction of sp³-hybridized carbons (Fsp3) is 0.452. The Kier molecular flexibility index (Phi) is 19.2. The van der Waals surface area contributed by atoms with Crippen LogP contribution in [0.2, 0.25) is 0 Å². The van der Waals surface area contributed by atoms with Gasteiger partial charge in [0.05, 0.1) is 5.52 Å². The number of para-hydroxylation sites is 2. The molecular formula is C42H61HfN7-4. The van der Waals surface area contributed by atoms with Crippen molar-refractivity contribution in [2.45, 2.75) is 80.2 Å². The fourth-order valence-corrected chi connectivity index (χ4v) is 6.31. The minimum absolute atomic E-state index is 0. The minimum atomic E-state index is -0.236. The van der Waals surface area contributed by atoms with E-state index in [4.69, 9.17) is 10.3 Å². The van der Waals surface area contributed by atoms with Gasteiger partial charge in [0.15, 0.2) is 5.82 Å². The van der Waals surface area contributed by atoms with Crippen LogP contribution in [-0.2, 0) is 32.9 Å². The zero-order valence-electron chi connectivity index (χ0n) is 33.6. The van der Waals surface area contributed by atoms with E-state index in [0.717, 1.165) is 17.3 Å². The molecule has 8 heteroatoms. The number of imidazole rings is 1. The van der Waals surface area contributed by atoms with Crippen molar-refractivity contribution < 1.29 is 25.8 Å². The summed E-state index contributed by atoms with van der Waals surface area (Å²) in [5, 5.41) is 17.4. The molecule has 50 heavy (non-hydrogen) atoms. The monoisotopic (exact) mass is 843 g/mol. The molecule has 2 aromatic heterocycles. The third-order valence-corrected chi connectivity index (χ3v) is 8.41.